The zero-order valence-electron chi connectivity index (χ0n) is 7.06. The molecule has 0 aliphatic rings. The molecule has 0 bridgehead atoms. The fraction of sp³-hybridized carbons (Fsp3) is 0. The molecule has 0 aromatic heterocycles. The Morgan fingerprint density at radius 2 is 1.64 bits per heavy atom. The van der Waals surface area contributed by atoms with Gasteiger partial charge in [-0.05, 0) is 6.07 Å². The summed E-state index contributed by atoms with van der Waals surface area (Å²) in [5, 5.41) is 20.2. The standard InChI is InChI=1S/C8H6O5.Mg/c9-7(10)5-3-1-2-4-6(5)8(11)13-12;/h1-4,12H,(H,9,10);/q;+2/p-2. The molecule has 0 aliphatic carbocycles. The SMILES string of the molecule is O=C([O-])c1ccccc1C(=O)O[O-].[Mg+2]. The molecule has 1 aromatic rings. The number of carboxylic acids is 1. The minimum atomic E-state index is -1.53. The van der Waals surface area contributed by atoms with Crippen LogP contribution < -0.4 is 10.4 Å². The van der Waals surface area contributed by atoms with Crippen molar-refractivity contribution in [3.05, 3.63) is 35.4 Å². The van der Waals surface area contributed by atoms with E-state index >= 15 is 0 Å². The fourth-order valence-corrected chi connectivity index (χ4v) is 0.884. The first-order valence-electron chi connectivity index (χ1n) is 3.31. The molecular weight excluding hydrogens is 200 g/mol. The van der Waals surface area contributed by atoms with Gasteiger partial charge < -0.3 is 20.0 Å². The van der Waals surface area contributed by atoms with Crippen molar-refractivity contribution >= 4 is 35.0 Å². The first-order chi connectivity index (χ1) is 6.16. The van der Waals surface area contributed by atoms with Gasteiger partial charge in [0.15, 0.2) is 0 Å². The van der Waals surface area contributed by atoms with Crippen LogP contribution in [0.3, 0.4) is 0 Å². The second-order valence-electron chi connectivity index (χ2n) is 2.20. The van der Waals surface area contributed by atoms with Gasteiger partial charge in [0, 0.05) is 5.56 Å². The molecule has 0 aliphatic heterocycles. The summed E-state index contributed by atoms with van der Waals surface area (Å²) >= 11 is 0. The van der Waals surface area contributed by atoms with Crippen LogP contribution in [0.4, 0.5) is 0 Å². The van der Waals surface area contributed by atoms with Gasteiger partial charge in [0.05, 0.1) is 11.5 Å². The Bertz CT molecular complexity index is 349. The molecule has 0 heterocycles. The number of carboxylic acid groups (broad SMARTS) is 1. The van der Waals surface area contributed by atoms with Crippen molar-refractivity contribution in [2.24, 2.45) is 0 Å². The van der Waals surface area contributed by atoms with Crippen molar-refractivity contribution in [2.45, 2.75) is 0 Å². The normalized spacial score (nSPS) is 8.64. The Hall–Kier alpha value is -1.11. The third-order valence-corrected chi connectivity index (χ3v) is 1.44. The summed E-state index contributed by atoms with van der Waals surface area (Å²) in [5.74, 6) is -2.76. The van der Waals surface area contributed by atoms with E-state index in [1.807, 2.05) is 0 Å². The van der Waals surface area contributed by atoms with Gasteiger partial charge in [0.1, 0.15) is 0 Å². The number of hydrogen-bond acceptors (Lipinski definition) is 5. The van der Waals surface area contributed by atoms with E-state index in [0.717, 1.165) is 6.07 Å². The van der Waals surface area contributed by atoms with E-state index in [9.17, 15) is 20.0 Å². The monoisotopic (exact) mass is 204 g/mol. The van der Waals surface area contributed by atoms with Gasteiger partial charge in [-0.25, -0.2) is 4.79 Å². The van der Waals surface area contributed by atoms with E-state index in [2.05, 4.69) is 4.89 Å². The first kappa shape index (κ1) is 12.9. The minimum absolute atomic E-state index is 0. The van der Waals surface area contributed by atoms with Crippen LogP contribution in [-0.2, 0) is 4.89 Å². The van der Waals surface area contributed by atoms with E-state index in [1.165, 1.54) is 18.2 Å². The third-order valence-electron chi connectivity index (χ3n) is 1.44. The Kier molecular flexibility index (Phi) is 5.14. The maximum atomic E-state index is 10.7. The third kappa shape index (κ3) is 2.69. The van der Waals surface area contributed by atoms with Gasteiger partial charge in [-0.15, -0.1) is 0 Å². The molecule has 0 atom stereocenters. The van der Waals surface area contributed by atoms with Crippen LogP contribution in [0.5, 0.6) is 0 Å². The second kappa shape index (κ2) is 5.58. The number of carbonyl (C=O) groups excluding carboxylic acids is 2. The molecule has 1 aromatic carbocycles. The molecule has 14 heavy (non-hydrogen) atoms. The zero-order chi connectivity index (χ0) is 9.84. The van der Waals surface area contributed by atoms with Crippen LogP contribution in [0.1, 0.15) is 20.7 Å². The van der Waals surface area contributed by atoms with E-state index in [4.69, 9.17) is 0 Å². The Balaban J connectivity index is 0.00000169. The largest absolute Gasteiger partial charge is 2.00 e. The number of aromatic carboxylic acids is 1. The number of carbonyl (C=O) groups is 2. The molecule has 0 spiro atoms. The van der Waals surface area contributed by atoms with Crippen molar-refractivity contribution in [1.82, 2.24) is 0 Å². The summed E-state index contributed by atoms with van der Waals surface area (Å²) in [7, 11) is 0. The van der Waals surface area contributed by atoms with Crippen molar-refractivity contribution in [1.29, 1.82) is 0 Å². The van der Waals surface area contributed by atoms with Crippen LogP contribution in [0, 0.1) is 0 Å². The number of benzene rings is 1. The number of hydrogen-bond donors (Lipinski definition) is 0. The molecule has 68 valence electrons. The summed E-state index contributed by atoms with van der Waals surface area (Å²) in [5.41, 5.74) is -0.666. The predicted molar refractivity (Wildman–Crippen MR) is 41.9 cm³/mol. The fourth-order valence-electron chi connectivity index (χ4n) is 0.884. The van der Waals surface area contributed by atoms with E-state index < -0.39 is 11.9 Å². The van der Waals surface area contributed by atoms with Gasteiger partial charge in [0.25, 0.3) is 0 Å². The van der Waals surface area contributed by atoms with Crippen LogP contribution in [-0.4, -0.2) is 35.0 Å². The maximum Gasteiger partial charge on any atom is 2.00 e. The minimum Gasteiger partial charge on any atom is -0.661 e. The van der Waals surface area contributed by atoms with Crippen molar-refractivity contribution in [3.8, 4) is 0 Å². The molecular formula is C8H4MgO5. The Morgan fingerprint density at radius 3 is 2.07 bits per heavy atom. The van der Waals surface area contributed by atoms with Crippen LogP contribution >= 0.6 is 0 Å². The van der Waals surface area contributed by atoms with Crippen LogP contribution in [0.25, 0.3) is 0 Å². The molecule has 0 saturated heterocycles. The Labute approximate surface area is 95.4 Å². The van der Waals surface area contributed by atoms with E-state index in [-0.39, 0.29) is 34.2 Å². The molecule has 6 heteroatoms. The molecule has 0 radical (unpaired) electrons. The van der Waals surface area contributed by atoms with Crippen molar-refractivity contribution in [3.63, 3.8) is 0 Å². The molecule has 1 rings (SSSR count). The second-order valence-corrected chi connectivity index (χ2v) is 2.20. The first-order valence-corrected chi connectivity index (χ1v) is 3.31. The Morgan fingerprint density at radius 1 is 1.14 bits per heavy atom. The van der Waals surface area contributed by atoms with E-state index in [1.54, 1.807) is 0 Å². The molecule has 5 nitrogen and oxygen atoms in total. The van der Waals surface area contributed by atoms with E-state index in [0.29, 0.717) is 0 Å². The smallest absolute Gasteiger partial charge is 0.661 e. The van der Waals surface area contributed by atoms with Crippen molar-refractivity contribution < 1.29 is 24.8 Å². The summed E-state index contributed by atoms with van der Waals surface area (Å²) < 4.78 is 0. The number of rotatable bonds is 2. The molecule has 0 N–H and O–H groups in total. The van der Waals surface area contributed by atoms with Gasteiger partial charge in [-0.2, -0.15) is 0 Å². The summed E-state index contributed by atoms with van der Waals surface area (Å²) in [6.07, 6.45) is 0. The predicted octanol–water partition coefficient (Wildman–Crippen LogP) is -1.90. The average Bonchev–Trinajstić information content (AvgIpc) is 2.16. The molecule has 0 amide bonds. The van der Waals surface area contributed by atoms with Gasteiger partial charge in [-0.3, -0.25) is 0 Å². The van der Waals surface area contributed by atoms with Crippen LogP contribution in [0.2, 0.25) is 0 Å². The quantitative estimate of drug-likeness (QED) is 0.319. The maximum absolute atomic E-state index is 10.7. The zero-order valence-corrected chi connectivity index (χ0v) is 8.47. The molecule has 0 fully saturated rings. The summed E-state index contributed by atoms with van der Waals surface area (Å²) in [4.78, 5) is 24.3. The summed E-state index contributed by atoms with van der Waals surface area (Å²) in [6, 6.07) is 5.15. The average molecular weight is 204 g/mol. The van der Waals surface area contributed by atoms with Gasteiger partial charge in [0.2, 0.25) is 0 Å². The van der Waals surface area contributed by atoms with Gasteiger partial charge >= 0.3 is 29.0 Å². The summed E-state index contributed by atoms with van der Waals surface area (Å²) in [6.45, 7) is 0. The van der Waals surface area contributed by atoms with Crippen molar-refractivity contribution in [2.75, 3.05) is 0 Å². The topological polar surface area (TPSA) is 89.5 Å². The van der Waals surface area contributed by atoms with Crippen LogP contribution in [0.15, 0.2) is 24.3 Å². The van der Waals surface area contributed by atoms with Gasteiger partial charge in [-0.1, -0.05) is 18.2 Å². The molecule has 0 unspecified atom stereocenters. The molecule has 0 saturated carbocycles.